The van der Waals surface area contributed by atoms with Crippen LogP contribution in [0.2, 0.25) is 18.1 Å². The number of carbonyl (C=O) groups excluding carboxylic acids is 1. The van der Waals surface area contributed by atoms with Gasteiger partial charge in [0.15, 0.2) is 8.32 Å². The molecule has 3 saturated carbocycles. The van der Waals surface area contributed by atoms with Crippen molar-refractivity contribution >= 4 is 14.3 Å². The summed E-state index contributed by atoms with van der Waals surface area (Å²) < 4.78 is 12.4. The lowest BCUT2D eigenvalue weighted by Crippen LogP contribution is -2.56. The summed E-state index contributed by atoms with van der Waals surface area (Å²) in [5, 5.41) is 22.4. The number of ether oxygens (including phenoxy) is 1. The van der Waals surface area contributed by atoms with E-state index in [4.69, 9.17) is 9.16 Å². The lowest BCUT2D eigenvalue weighted by molar-refractivity contribution is -0.470. The topological polar surface area (TPSA) is 98.9 Å². The second-order valence-corrected chi connectivity index (χ2v) is 18.5. The Morgan fingerprint density at radius 3 is 2.49 bits per heavy atom. The van der Waals surface area contributed by atoms with Crippen molar-refractivity contribution < 1.29 is 24.0 Å². The summed E-state index contributed by atoms with van der Waals surface area (Å²) in [6.45, 7) is 15.3. The number of nitro groups is 1. The van der Waals surface area contributed by atoms with Gasteiger partial charge in [-0.05, 0) is 86.2 Å². The van der Waals surface area contributed by atoms with Gasteiger partial charge < -0.3 is 14.3 Å². The average Bonchev–Trinajstić information content (AvgIpc) is 3.03. The van der Waals surface area contributed by atoms with E-state index in [9.17, 15) is 20.0 Å². The van der Waals surface area contributed by atoms with E-state index >= 15 is 0 Å². The van der Waals surface area contributed by atoms with Gasteiger partial charge in [0.05, 0.1) is 6.10 Å². The molecule has 4 aliphatic rings. The first kappa shape index (κ1) is 26.8. The predicted molar refractivity (Wildman–Crippen MR) is 137 cm³/mol. The minimum absolute atomic E-state index is 0.0684. The van der Waals surface area contributed by atoms with Gasteiger partial charge in [0, 0.05) is 16.4 Å². The van der Waals surface area contributed by atoms with Gasteiger partial charge in [-0.2, -0.15) is 0 Å². The summed E-state index contributed by atoms with van der Waals surface area (Å²) in [6, 6.07) is 0. The molecule has 8 heteroatoms. The molecular weight excluding hydrogens is 462 g/mol. The largest absolute Gasteiger partial charge is 0.457 e. The summed E-state index contributed by atoms with van der Waals surface area (Å²) in [5.41, 5.74) is 1.20. The van der Waals surface area contributed by atoms with Crippen LogP contribution in [-0.2, 0) is 14.0 Å². The molecule has 0 amide bonds. The van der Waals surface area contributed by atoms with Crippen LogP contribution < -0.4 is 0 Å². The Morgan fingerprint density at radius 2 is 1.86 bits per heavy atom. The van der Waals surface area contributed by atoms with E-state index in [1.54, 1.807) is 0 Å². The molecule has 35 heavy (non-hydrogen) atoms. The van der Waals surface area contributed by atoms with Gasteiger partial charge >= 0.3 is 5.97 Å². The molecule has 0 saturated heterocycles. The van der Waals surface area contributed by atoms with E-state index in [2.05, 4.69) is 53.8 Å². The highest BCUT2D eigenvalue weighted by molar-refractivity contribution is 6.74. The number of rotatable bonds is 5. The molecule has 0 bridgehead atoms. The molecule has 0 radical (unpaired) electrons. The van der Waals surface area contributed by atoms with Crippen molar-refractivity contribution in [2.75, 3.05) is 6.54 Å². The average molecular weight is 508 g/mol. The lowest BCUT2D eigenvalue weighted by Gasteiger charge is -2.59. The van der Waals surface area contributed by atoms with E-state index in [1.807, 2.05) is 0 Å². The summed E-state index contributed by atoms with van der Waals surface area (Å²) >= 11 is 0. The van der Waals surface area contributed by atoms with Crippen LogP contribution in [0.5, 0.6) is 0 Å². The Bertz CT molecular complexity index is 897. The molecule has 198 valence electrons. The van der Waals surface area contributed by atoms with Crippen LogP contribution in [0.4, 0.5) is 0 Å². The molecule has 4 aliphatic carbocycles. The van der Waals surface area contributed by atoms with Crippen molar-refractivity contribution in [1.29, 1.82) is 0 Å². The van der Waals surface area contributed by atoms with E-state index in [0.29, 0.717) is 5.92 Å². The van der Waals surface area contributed by atoms with Gasteiger partial charge in [-0.15, -0.1) is 0 Å². The minimum atomic E-state index is -1.86. The van der Waals surface area contributed by atoms with Crippen molar-refractivity contribution in [1.82, 2.24) is 0 Å². The lowest BCUT2D eigenvalue weighted by atomic mass is 9.47. The number of hydrogen-bond acceptors (Lipinski definition) is 6. The van der Waals surface area contributed by atoms with Crippen molar-refractivity contribution in [3.8, 4) is 0 Å². The van der Waals surface area contributed by atoms with Gasteiger partial charge in [-0.1, -0.05) is 46.3 Å². The molecule has 0 aromatic rings. The molecule has 8 atom stereocenters. The predicted octanol–water partition coefficient (Wildman–Crippen LogP) is 5.50. The number of esters is 1. The van der Waals surface area contributed by atoms with Crippen molar-refractivity contribution in [2.45, 2.75) is 116 Å². The van der Waals surface area contributed by atoms with E-state index < -0.39 is 31.9 Å². The molecule has 3 fully saturated rings. The summed E-state index contributed by atoms with van der Waals surface area (Å²) in [5.74, 6) is 0.0417. The zero-order valence-electron chi connectivity index (χ0n) is 22.6. The van der Waals surface area contributed by atoms with Gasteiger partial charge in [0.2, 0.25) is 0 Å². The third-order valence-electron chi connectivity index (χ3n) is 10.8. The summed E-state index contributed by atoms with van der Waals surface area (Å²) in [6.07, 6.45) is 8.12. The Morgan fingerprint density at radius 1 is 1.17 bits per heavy atom. The van der Waals surface area contributed by atoms with Crippen LogP contribution in [-0.4, -0.2) is 49.2 Å². The molecule has 0 heterocycles. The summed E-state index contributed by atoms with van der Waals surface area (Å²) in [7, 11) is -1.86. The maximum atomic E-state index is 12.1. The molecule has 0 aromatic carbocycles. The minimum Gasteiger partial charge on any atom is -0.457 e. The number of aliphatic hydroxyl groups is 1. The number of hydrogen-bond donors (Lipinski definition) is 1. The molecule has 0 spiro atoms. The highest BCUT2D eigenvalue weighted by Crippen LogP contribution is 2.65. The van der Waals surface area contributed by atoms with E-state index in [1.165, 1.54) is 5.57 Å². The third kappa shape index (κ3) is 4.63. The van der Waals surface area contributed by atoms with Crippen LogP contribution in [0.3, 0.4) is 0 Å². The van der Waals surface area contributed by atoms with Crippen LogP contribution in [0, 0.1) is 38.7 Å². The maximum Gasteiger partial charge on any atom is 0.378 e. The fourth-order valence-electron chi connectivity index (χ4n) is 7.76. The van der Waals surface area contributed by atoms with Crippen molar-refractivity contribution in [3.63, 3.8) is 0 Å². The standard InChI is InChI=1S/C27H45NO6Si/c1-25(2,3)35(6,7)34-18-10-12-26(4)17(14-18)15-21(29)24-19-8-9-22(33-23(30)16-28(31)32)27(19,5)13-11-20(24)26/h15,18-22,24,29H,8-14,16H2,1-7H3/t18-,19?,20?,21-,22+,24?,26-,27-/m0/s1. The van der Waals surface area contributed by atoms with E-state index in [0.717, 1.165) is 44.9 Å². The fraction of sp³-hybridized carbons (Fsp3) is 0.889. The number of nitrogens with zero attached hydrogens (tertiary/aromatic N) is 1. The smallest absolute Gasteiger partial charge is 0.378 e. The molecule has 4 rings (SSSR count). The molecule has 7 nitrogen and oxygen atoms in total. The molecule has 3 unspecified atom stereocenters. The SMILES string of the molecule is CC(C)(C)[Si](C)(C)O[C@H]1CC[C@@]2(C)C(=C[C@H](O)C3C2CC[C@@]2(C)C3CC[C@H]2OC(=O)C[N+](=O)[O-])C1. The molecule has 0 aliphatic heterocycles. The second-order valence-electron chi connectivity index (χ2n) is 13.7. The van der Waals surface area contributed by atoms with Crippen LogP contribution in [0.1, 0.15) is 79.6 Å². The monoisotopic (exact) mass is 507 g/mol. The normalized spacial score (nSPS) is 41.3. The number of fused-ring (bicyclic) bond motifs is 5. The molecular formula is C27H45NO6Si. The Kier molecular flexibility index (Phi) is 6.85. The van der Waals surface area contributed by atoms with Gasteiger partial charge in [0.1, 0.15) is 6.10 Å². The Labute approximate surface area is 211 Å². The number of aliphatic hydroxyl groups excluding tert-OH is 1. The van der Waals surface area contributed by atoms with Crippen LogP contribution >= 0.6 is 0 Å². The highest BCUT2D eigenvalue weighted by Gasteiger charge is 2.62. The zero-order chi connectivity index (χ0) is 26.0. The van der Waals surface area contributed by atoms with Crippen LogP contribution in [0.25, 0.3) is 0 Å². The Hall–Kier alpha value is -1.25. The summed E-state index contributed by atoms with van der Waals surface area (Å²) in [4.78, 5) is 22.2. The first-order valence-corrected chi connectivity index (χ1v) is 16.4. The highest BCUT2D eigenvalue weighted by atomic mass is 28.4. The van der Waals surface area contributed by atoms with Gasteiger partial charge in [0.25, 0.3) is 6.54 Å². The Balaban J connectivity index is 1.52. The fourth-order valence-corrected chi connectivity index (χ4v) is 9.14. The van der Waals surface area contributed by atoms with Crippen molar-refractivity contribution in [3.05, 3.63) is 21.8 Å². The van der Waals surface area contributed by atoms with Gasteiger partial charge in [-0.3, -0.25) is 10.1 Å². The van der Waals surface area contributed by atoms with Gasteiger partial charge in [-0.25, -0.2) is 4.79 Å². The number of carbonyl (C=O) groups is 1. The third-order valence-corrected chi connectivity index (χ3v) is 15.3. The first-order chi connectivity index (χ1) is 16.1. The second kappa shape index (κ2) is 8.94. The van der Waals surface area contributed by atoms with Crippen LogP contribution in [0.15, 0.2) is 11.6 Å². The molecule has 0 aromatic heterocycles. The molecule has 1 N–H and O–H groups in total. The quantitative estimate of drug-likeness (QED) is 0.173. The van der Waals surface area contributed by atoms with Crippen molar-refractivity contribution in [2.24, 2.45) is 28.6 Å². The zero-order valence-corrected chi connectivity index (χ0v) is 23.6. The first-order valence-electron chi connectivity index (χ1n) is 13.5. The van der Waals surface area contributed by atoms with E-state index in [-0.39, 0.29) is 39.9 Å². The maximum absolute atomic E-state index is 12.1.